The van der Waals surface area contributed by atoms with Crippen LogP contribution < -0.4 is 4.90 Å². The highest BCUT2D eigenvalue weighted by atomic mass is 35.5. The van der Waals surface area contributed by atoms with Crippen LogP contribution in [0.1, 0.15) is 42.5 Å². The molecule has 2 aromatic heterocycles. The number of benzene rings is 1. The van der Waals surface area contributed by atoms with Gasteiger partial charge in [0.15, 0.2) is 10.8 Å². The molecule has 32 heavy (non-hydrogen) atoms. The van der Waals surface area contributed by atoms with Crippen molar-refractivity contribution in [3.05, 3.63) is 40.7 Å². The van der Waals surface area contributed by atoms with Gasteiger partial charge in [0.2, 0.25) is 0 Å². The van der Waals surface area contributed by atoms with Gasteiger partial charge >= 0.3 is 0 Å². The molecule has 1 amide bonds. The first-order valence-corrected chi connectivity index (χ1v) is 11.9. The van der Waals surface area contributed by atoms with Gasteiger partial charge in [-0.1, -0.05) is 29.0 Å². The Morgan fingerprint density at radius 1 is 1.31 bits per heavy atom. The number of morpholine rings is 1. The van der Waals surface area contributed by atoms with Crippen LogP contribution >= 0.6 is 35.3 Å². The zero-order valence-electron chi connectivity index (χ0n) is 18.6. The average molecular weight is 498 g/mol. The number of hydrogen-bond donors (Lipinski definition) is 0. The molecular formula is C22H29Cl2N5O2S. The molecule has 0 atom stereocenters. The second-order valence-corrected chi connectivity index (χ2v) is 9.47. The van der Waals surface area contributed by atoms with Crippen LogP contribution in [-0.4, -0.2) is 65.0 Å². The highest BCUT2D eigenvalue weighted by molar-refractivity contribution is 7.22. The summed E-state index contributed by atoms with van der Waals surface area (Å²) in [5.41, 5.74) is 2.15. The number of aryl methyl sites for hydroxylation is 1. The van der Waals surface area contributed by atoms with Gasteiger partial charge in [-0.3, -0.25) is 19.3 Å². The lowest BCUT2D eigenvalue weighted by Crippen LogP contribution is -2.39. The van der Waals surface area contributed by atoms with Gasteiger partial charge in [0.25, 0.3) is 5.91 Å². The van der Waals surface area contributed by atoms with Crippen molar-refractivity contribution < 1.29 is 9.53 Å². The van der Waals surface area contributed by atoms with Gasteiger partial charge in [-0.2, -0.15) is 5.10 Å². The molecule has 4 rings (SSSR count). The summed E-state index contributed by atoms with van der Waals surface area (Å²) in [6.07, 6.45) is 0.846. The number of amides is 1. The summed E-state index contributed by atoms with van der Waals surface area (Å²) in [6, 6.07) is 7.77. The normalized spacial score (nSPS) is 14.7. The molecule has 0 spiro atoms. The Balaban J connectivity index is 0.00000289. The van der Waals surface area contributed by atoms with Crippen molar-refractivity contribution >= 4 is 56.6 Å². The van der Waals surface area contributed by atoms with Crippen molar-refractivity contribution in [3.63, 3.8) is 0 Å². The predicted octanol–water partition coefficient (Wildman–Crippen LogP) is 4.83. The molecular weight excluding hydrogens is 469 g/mol. The Morgan fingerprint density at radius 2 is 2.06 bits per heavy atom. The van der Waals surface area contributed by atoms with Crippen LogP contribution in [0.25, 0.3) is 10.2 Å². The number of rotatable bonds is 7. The van der Waals surface area contributed by atoms with Crippen LogP contribution in [0.4, 0.5) is 5.13 Å². The highest BCUT2D eigenvalue weighted by Crippen LogP contribution is 2.33. The van der Waals surface area contributed by atoms with Crippen LogP contribution in [0.5, 0.6) is 0 Å². The van der Waals surface area contributed by atoms with Crippen molar-refractivity contribution in [2.45, 2.75) is 33.2 Å². The van der Waals surface area contributed by atoms with Gasteiger partial charge in [-0.15, -0.1) is 12.4 Å². The summed E-state index contributed by atoms with van der Waals surface area (Å²) in [5.74, 6) is -0.125. The monoisotopic (exact) mass is 497 g/mol. The number of aromatic nitrogens is 3. The van der Waals surface area contributed by atoms with E-state index in [0.717, 1.165) is 55.2 Å². The molecule has 7 nitrogen and oxygen atoms in total. The first-order valence-electron chi connectivity index (χ1n) is 10.7. The summed E-state index contributed by atoms with van der Waals surface area (Å²) in [5, 5.41) is 5.83. The van der Waals surface area contributed by atoms with Gasteiger partial charge in [-0.25, -0.2) is 4.98 Å². The SMILES string of the molecule is Cc1cc(C(=O)N(CCCN2CCOCC2)c2nc3c(Cl)cccc3s2)nn1C(C)C.Cl. The van der Waals surface area contributed by atoms with E-state index in [1.807, 2.05) is 35.9 Å². The molecule has 0 N–H and O–H groups in total. The predicted molar refractivity (Wildman–Crippen MR) is 133 cm³/mol. The van der Waals surface area contributed by atoms with Crippen LogP contribution in [-0.2, 0) is 4.74 Å². The summed E-state index contributed by atoms with van der Waals surface area (Å²) >= 11 is 7.83. The highest BCUT2D eigenvalue weighted by Gasteiger charge is 2.25. The largest absolute Gasteiger partial charge is 0.379 e. The van der Waals surface area contributed by atoms with E-state index in [1.54, 1.807) is 4.90 Å². The molecule has 1 aliphatic heterocycles. The minimum Gasteiger partial charge on any atom is -0.379 e. The zero-order chi connectivity index (χ0) is 22.0. The summed E-state index contributed by atoms with van der Waals surface area (Å²) in [4.78, 5) is 22.4. The Kier molecular flexibility index (Phi) is 8.52. The van der Waals surface area contributed by atoms with Gasteiger partial charge in [0, 0.05) is 37.9 Å². The summed E-state index contributed by atoms with van der Waals surface area (Å²) in [7, 11) is 0. The van der Waals surface area contributed by atoms with E-state index in [4.69, 9.17) is 21.3 Å². The number of thiazole rings is 1. The molecule has 1 aromatic carbocycles. The maximum absolute atomic E-state index is 13.5. The number of halogens is 2. The average Bonchev–Trinajstić information content (AvgIpc) is 3.36. The van der Waals surface area contributed by atoms with Crippen LogP contribution in [0.3, 0.4) is 0 Å². The molecule has 10 heteroatoms. The molecule has 0 radical (unpaired) electrons. The minimum absolute atomic E-state index is 0. The quantitative estimate of drug-likeness (QED) is 0.467. The second-order valence-electron chi connectivity index (χ2n) is 8.06. The molecule has 1 aliphatic rings. The van der Waals surface area contributed by atoms with Crippen LogP contribution in [0.2, 0.25) is 5.02 Å². The van der Waals surface area contributed by atoms with E-state index in [2.05, 4.69) is 23.8 Å². The van der Waals surface area contributed by atoms with E-state index in [-0.39, 0.29) is 24.4 Å². The molecule has 1 fully saturated rings. The van der Waals surface area contributed by atoms with Crippen LogP contribution in [0.15, 0.2) is 24.3 Å². The van der Waals surface area contributed by atoms with Gasteiger partial charge in [0.1, 0.15) is 5.52 Å². The Morgan fingerprint density at radius 3 is 2.72 bits per heavy atom. The Bertz CT molecular complexity index is 1060. The van der Waals surface area contributed by atoms with E-state index >= 15 is 0 Å². The van der Waals surface area contributed by atoms with Crippen molar-refractivity contribution in [3.8, 4) is 0 Å². The van der Waals surface area contributed by atoms with Crippen molar-refractivity contribution in [1.29, 1.82) is 0 Å². The van der Waals surface area contributed by atoms with Crippen LogP contribution in [0, 0.1) is 6.92 Å². The molecule has 0 aliphatic carbocycles. The Hall–Kier alpha value is -1.71. The summed E-state index contributed by atoms with van der Waals surface area (Å²) in [6.45, 7) is 11.0. The first-order chi connectivity index (χ1) is 14.9. The van der Waals surface area contributed by atoms with Crippen molar-refractivity contribution in [2.75, 3.05) is 44.3 Å². The molecule has 0 saturated carbocycles. The topological polar surface area (TPSA) is 63.5 Å². The maximum Gasteiger partial charge on any atom is 0.280 e. The molecule has 0 unspecified atom stereocenters. The zero-order valence-corrected chi connectivity index (χ0v) is 21.0. The number of hydrogen-bond acceptors (Lipinski definition) is 6. The smallest absolute Gasteiger partial charge is 0.280 e. The van der Waals surface area contributed by atoms with Gasteiger partial charge in [0.05, 0.1) is 22.9 Å². The third-order valence-corrected chi connectivity index (χ3v) is 6.77. The third kappa shape index (κ3) is 5.43. The fraction of sp³-hybridized carbons (Fsp3) is 0.500. The lowest BCUT2D eigenvalue weighted by Gasteiger charge is -2.27. The fourth-order valence-electron chi connectivity index (χ4n) is 3.83. The first kappa shape index (κ1) is 24.9. The number of carbonyl (C=O) groups is 1. The number of carbonyl (C=O) groups excluding carboxylic acids is 1. The Labute approximate surface area is 203 Å². The number of nitrogens with zero attached hydrogens (tertiary/aromatic N) is 5. The van der Waals surface area contributed by atoms with Crippen molar-refractivity contribution in [2.24, 2.45) is 0 Å². The van der Waals surface area contributed by atoms with Crippen molar-refractivity contribution in [1.82, 2.24) is 19.7 Å². The number of anilines is 1. The van der Waals surface area contributed by atoms with E-state index in [0.29, 0.717) is 22.4 Å². The summed E-state index contributed by atoms with van der Waals surface area (Å²) < 4.78 is 8.29. The third-order valence-electron chi connectivity index (χ3n) is 5.42. The van der Waals surface area contributed by atoms with Gasteiger partial charge in [-0.05, 0) is 45.4 Å². The standard InChI is InChI=1S/C22H28ClN5O2S.ClH/c1-15(2)28-16(3)14-18(25-28)21(29)27(9-5-8-26-10-12-30-13-11-26)22-24-20-17(23)6-4-7-19(20)31-22;/h4,6-7,14-15H,5,8-13H2,1-3H3;1H. The van der Waals surface area contributed by atoms with Gasteiger partial charge < -0.3 is 4.74 Å². The lowest BCUT2D eigenvalue weighted by atomic mass is 10.3. The van der Waals surface area contributed by atoms with E-state index < -0.39 is 0 Å². The molecule has 0 bridgehead atoms. The fourth-order valence-corrected chi connectivity index (χ4v) is 5.12. The number of fused-ring (bicyclic) bond motifs is 1. The molecule has 3 aromatic rings. The lowest BCUT2D eigenvalue weighted by molar-refractivity contribution is 0.0376. The molecule has 174 valence electrons. The van der Waals surface area contributed by atoms with E-state index in [9.17, 15) is 4.79 Å². The van der Waals surface area contributed by atoms with E-state index in [1.165, 1.54) is 11.3 Å². The molecule has 1 saturated heterocycles. The number of para-hydroxylation sites is 1. The maximum atomic E-state index is 13.5. The second kappa shape index (κ2) is 10.9. The molecule has 3 heterocycles. The number of ether oxygens (including phenoxy) is 1. The minimum atomic E-state index is -0.125.